The van der Waals surface area contributed by atoms with Crippen molar-refractivity contribution in [2.75, 3.05) is 0 Å². The molecule has 2 aromatic rings. The van der Waals surface area contributed by atoms with Crippen LogP contribution in [0.2, 0.25) is 0 Å². The van der Waals surface area contributed by atoms with Crippen molar-refractivity contribution in [2.24, 2.45) is 0 Å². The molecule has 0 aromatic carbocycles. The van der Waals surface area contributed by atoms with Crippen LogP contribution in [0.25, 0.3) is 10.1 Å². The van der Waals surface area contributed by atoms with Crippen LogP contribution in [0.1, 0.15) is 10.4 Å². The van der Waals surface area contributed by atoms with Crippen LogP contribution in [0.5, 0.6) is 0 Å². The van der Waals surface area contributed by atoms with Gasteiger partial charge in [0.15, 0.2) is 0 Å². The number of aromatic amines is 1. The van der Waals surface area contributed by atoms with Crippen LogP contribution in [0, 0.1) is 18.3 Å². The van der Waals surface area contributed by atoms with E-state index < -0.39 is 0 Å². The van der Waals surface area contributed by atoms with Crippen LogP contribution in [0.15, 0.2) is 17.1 Å². The monoisotopic (exact) mass is 190 g/mol. The first-order valence-electron chi connectivity index (χ1n) is 3.74. The normalized spacial score (nSPS) is 10.2. The number of pyridine rings is 1. The number of hydrogen-bond acceptors (Lipinski definition) is 3. The summed E-state index contributed by atoms with van der Waals surface area (Å²) in [4.78, 5) is 14.9. The number of fused-ring (bicyclic) bond motifs is 1. The predicted molar refractivity (Wildman–Crippen MR) is 51.9 cm³/mol. The third-order valence-electron chi connectivity index (χ3n) is 1.81. The Morgan fingerprint density at radius 1 is 1.62 bits per heavy atom. The average Bonchev–Trinajstić information content (AvgIpc) is 2.48. The number of H-pyrrole nitrogens is 1. The fraction of sp³-hybridized carbons (Fsp3) is 0.111. The van der Waals surface area contributed by atoms with Gasteiger partial charge >= 0.3 is 0 Å². The Hall–Kier alpha value is -1.60. The molecule has 0 aliphatic rings. The summed E-state index contributed by atoms with van der Waals surface area (Å²) in [6.07, 6.45) is 1.46. The molecule has 0 saturated carbocycles. The summed E-state index contributed by atoms with van der Waals surface area (Å²) in [5.74, 6) is 0. The highest BCUT2D eigenvalue weighted by Gasteiger charge is 2.06. The fourth-order valence-electron chi connectivity index (χ4n) is 1.25. The molecule has 0 bridgehead atoms. The number of aromatic nitrogens is 1. The second kappa shape index (κ2) is 2.71. The van der Waals surface area contributed by atoms with Crippen LogP contribution in [0.3, 0.4) is 0 Å². The van der Waals surface area contributed by atoms with E-state index in [0.29, 0.717) is 10.9 Å². The summed E-state index contributed by atoms with van der Waals surface area (Å²) < 4.78 is 0.781. The van der Waals surface area contributed by atoms with Gasteiger partial charge in [-0.3, -0.25) is 4.79 Å². The van der Waals surface area contributed by atoms with Crippen LogP contribution in [0.4, 0.5) is 0 Å². The first-order valence-corrected chi connectivity index (χ1v) is 4.56. The van der Waals surface area contributed by atoms with Gasteiger partial charge < -0.3 is 4.98 Å². The number of hydrogen-bond donors (Lipinski definition) is 1. The van der Waals surface area contributed by atoms with Gasteiger partial charge in [0.2, 0.25) is 0 Å². The van der Waals surface area contributed by atoms with Crippen LogP contribution in [-0.4, -0.2) is 4.98 Å². The first kappa shape index (κ1) is 8.02. The highest BCUT2D eigenvalue weighted by atomic mass is 32.1. The van der Waals surface area contributed by atoms with Crippen molar-refractivity contribution in [3.05, 3.63) is 33.1 Å². The van der Waals surface area contributed by atoms with Gasteiger partial charge in [0.25, 0.3) is 5.56 Å². The molecule has 3 nitrogen and oxygen atoms in total. The minimum atomic E-state index is -0.127. The lowest BCUT2D eigenvalue weighted by Crippen LogP contribution is -2.03. The molecule has 13 heavy (non-hydrogen) atoms. The van der Waals surface area contributed by atoms with Crippen molar-refractivity contribution >= 4 is 21.4 Å². The molecular weight excluding hydrogens is 184 g/mol. The second-order valence-corrected chi connectivity index (χ2v) is 4.00. The lowest BCUT2D eigenvalue weighted by Gasteiger charge is -1.89. The van der Waals surface area contributed by atoms with Crippen LogP contribution in [-0.2, 0) is 0 Å². The van der Waals surface area contributed by atoms with Crippen molar-refractivity contribution < 1.29 is 0 Å². The highest BCUT2D eigenvalue weighted by Crippen LogP contribution is 2.24. The van der Waals surface area contributed by atoms with Crippen molar-refractivity contribution in [3.63, 3.8) is 0 Å². The Morgan fingerprint density at radius 3 is 3.08 bits per heavy atom. The standard InChI is InChI=1S/C9H6N2OS/c1-5-2-7-8(13-5)6(3-10)4-11-9(7)12/h2,4H,1H3,(H,11,12). The molecule has 2 aromatic heterocycles. The maximum Gasteiger partial charge on any atom is 0.256 e. The van der Waals surface area contributed by atoms with E-state index in [4.69, 9.17) is 5.26 Å². The molecule has 4 heteroatoms. The number of nitriles is 1. The van der Waals surface area contributed by atoms with E-state index in [1.54, 1.807) is 6.07 Å². The summed E-state index contributed by atoms with van der Waals surface area (Å²) in [5.41, 5.74) is 0.408. The zero-order valence-corrected chi connectivity index (χ0v) is 7.73. The largest absolute Gasteiger partial charge is 0.327 e. The predicted octanol–water partition coefficient (Wildman–Crippen LogP) is 1.77. The first-order chi connectivity index (χ1) is 6.22. The van der Waals surface area contributed by atoms with Gasteiger partial charge in [0, 0.05) is 11.1 Å². The number of aryl methyl sites for hydroxylation is 1. The summed E-state index contributed by atoms with van der Waals surface area (Å²) in [7, 11) is 0. The molecule has 0 spiro atoms. The molecule has 0 fully saturated rings. The molecule has 0 radical (unpaired) electrons. The number of nitrogens with one attached hydrogen (secondary N) is 1. The van der Waals surface area contributed by atoms with Crippen LogP contribution < -0.4 is 5.56 Å². The third-order valence-corrected chi connectivity index (χ3v) is 2.90. The summed E-state index contributed by atoms with van der Waals surface area (Å²) in [6.45, 7) is 1.92. The Bertz CT molecular complexity index is 559. The van der Waals surface area contributed by atoms with E-state index in [1.807, 2.05) is 6.92 Å². The van der Waals surface area contributed by atoms with E-state index in [1.165, 1.54) is 17.5 Å². The van der Waals surface area contributed by atoms with Gasteiger partial charge in [-0.15, -0.1) is 11.3 Å². The van der Waals surface area contributed by atoms with E-state index in [9.17, 15) is 4.79 Å². The smallest absolute Gasteiger partial charge is 0.256 e. The molecule has 0 amide bonds. The zero-order valence-electron chi connectivity index (χ0n) is 6.92. The maximum atomic E-state index is 11.3. The molecule has 0 unspecified atom stereocenters. The summed E-state index contributed by atoms with van der Waals surface area (Å²) in [6, 6.07) is 3.86. The second-order valence-electron chi connectivity index (χ2n) is 2.74. The molecule has 1 N–H and O–H groups in total. The van der Waals surface area contributed by atoms with Gasteiger partial charge in [-0.1, -0.05) is 0 Å². The Balaban J connectivity index is 3.02. The summed E-state index contributed by atoms with van der Waals surface area (Å²) >= 11 is 1.47. The average molecular weight is 190 g/mol. The van der Waals surface area contributed by atoms with E-state index in [0.717, 1.165) is 9.58 Å². The molecule has 2 heterocycles. The Morgan fingerprint density at radius 2 is 2.38 bits per heavy atom. The molecule has 64 valence electrons. The summed E-state index contributed by atoms with van der Waals surface area (Å²) in [5, 5.41) is 9.38. The van der Waals surface area contributed by atoms with Gasteiger partial charge in [-0.2, -0.15) is 5.26 Å². The fourth-order valence-corrected chi connectivity index (χ4v) is 2.22. The highest BCUT2D eigenvalue weighted by molar-refractivity contribution is 7.19. The van der Waals surface area contributed by atoms with Gasteiger partial charge in [0.1, 0.15) is 6.07 Å². The van der Waals surface area contributed by atoms with Gasteiger partial charge in [-0.25, -0.2) is 0 Å². The van der Waals surface area contributed by atoms with Gasteiger partial charge in [0.05, 0.1) is 15.6 Å². The number of thiophene rings is 1. The molecule has 0 aliphatic heterocycles. The van der Waals surface area contributed by atoms with E-state index >= 15 is 0 Å². The maximum absolute atomic E-state index is 11.3. The number of nitrogens with zero attached hydrogens (tertiary/aromatic N) is 1. The Kier molecular flexibility index (Phi) is 1.67. The topological polar surface area (TPSA) is 56.6 Å². The van der Waals surface area contributed by atoms with E-state index in [-0.39, 0.29) is 5.56 Å². The van der Waals surface area contributed by atoms with Crippen molar-refractivity contribution in [1.82, 2.24) is 4.98 Å². The molecule has 0 saturated heterocycles. The van der Waals surface area contributed by atoms with Gasteiger partial charge in [-0.05, 0) is 13.0 Å². The quantitative estimate of drug-likeness (QED) is 0.688. The van der Waals surface area contributed by atoms with Crippen molar-refractivity contribution in [1.29, 1.82) is 5.26 Å². The minimum absolute atomic E-state index is 0.127. The van der Waals surface area contributed by atoms with Crippen molar-refractivity contribution in [3.8, 4) is 6.07 Å². The van der Waals surface area contributed by atoms with E-state index in [2.05, 4.69) is 11.1 Å². The molecular formula is C9H6N2OS. The number of rotatable bonds is 0. The third kappa shape index (κ3) is 1.14. The lowest BCUT2D eigenvalue weighted by atomic mass is 10.2. The molecule has 0 aliphatic carbocycles. The SMILES string of the molecule is Cc1cc2c(=O)[nH]cc(C#N)c2s1. The van der Waals surface area contributed by atoms with Crippen LogP contribution >= 0.6 is 11.3 Å². The minimum Gasteiger partial charge on any atom is -0.327 e. The Labute approximate surface area is 78.3 Å². The zero-order chi connectivity index (χ0) is 9.42. The molecule has 2 rings (SSSR count). The van der Waals surface area contributed by atoms with Crippen molar-refractivity contribution in [2.45, 2.75) is 6.92 Å². The molecule has 0 atom stereocenters. The lowest BCUT2D eigenvalue weighted by molar-refractivity contribution is 1.27.